The van der Waals surface area contributed by atoms with Crippen LogP contribution < -0.4 is 5.46 Å². The molecule has 4 rings (SSSR count). The van der Waals surface area contributed by atoms with Gasteiger partial charge in [-0.2, -0.15) is 0 Å². The highest BCUT2D eigenvalue weighted by Crippen LogP contribution is 2.37. The normalized spacial score (nSPS) is 22.4. The number of nitrogens with zero attached hydrogens (tertiary/aromatic N) is 2. The summed E-state index contributed by atoms with van der Waals surface area (Å²) in [5.74, 6) is 1.20. The molecule has 0 amide bonds. The van der Waals surface area contributed by atoms with Crippen LogP contribution in [0.5, 0.6) is 0 Å². The second-order valence-electron chi connectivity index (χ2n) is 8.90. The lowest BCUT2D eigenvalue weighted by Crippen LogP contribution is -2.41. The third-order valence-corrected chi connectivity index (χ3v) is 5.54. The fraction of sp³-hybridized carbons (Fsp3) is 0.682. The highest BCUT2D eigenvalue weighted by atomic mass is 19.1. The van der Waals surface area contributed by atoms with Crippen LogP contribution in [0.3, 0.4) is 0 Å². The molecule has 7 heteroatoms. The summed E-state index contributed by atoms with van der Waals surface area (Å²) in [7, 11) is -0.308. The molecular formula is C22H36BFN2O3. The van der Waals surface area contributed by atoms with E-state index >= 15 is 0 Å². The summed E-state index contributed by atoms with van der Waals surface area (Å²) < 4.78 is 25.3. The van der Waals surface area contributed by atoms with E-state index < -0.39 is 6.36 Å². The van der Waals surface area contributed by atoms with Crippen LogP contribution in [-0.2, 0) is 15.7 Å². The first-order valence-corrected chi connectivity index (χ1v) is 10.6. The number of hydrogen-bond donors (Lipinski definition) is 1. The van der Waals surface area contributed by atoms with Gasteiger partial charge in [0.15, 0.2) is 6.36 Å². The summed E-state index contributed by atoms with van der Waals surface area (Å²) in [6.07, 6.45) is 1.83. The van der Waals surface area contributed by atoms with Crippen molar-refractivity contribution in [1.29, 1.82) is 0 Å². The van der Waals surface area contributed by atoms with Gasteiger partial charge in [0.05, 0.1) is 22.2 Å². The number of rotatable bonds is 1. The molecule has 2 aliphatic rings. The lowest BCUT2D eigenvalue weighted by Gasteiger charge is -2.32. The topological polar surface area (TPSA) is 56.5 Å². The first kappa shape index (κ1) is 23.8. The van der Waals surface area contributed by atoms with Crippen molar-refractivity contribution < 1.29 is 18.8 Å². The van der Waals surface area contributed by atoms with Crippen LogP contribution >= 0.6 is 0 Å². The van der Waals surface area contributed by atoms with E-state index in [2.05, 4.69) is 71.2 Å². The molecule has 0 aliphatic carbocycles. The molecule has 0 radical (unpaired) electrons. The minimum Gasteiger partial charge on any atom is -0.399 e. The van der Waals surface area contributed by atoms with Crippen molar-refractivity contribution in [3.8, 4) is 0 Å². The molecule has 1 aromatic heterocycles. The van der Waals surface area contributed by atoms with Crippen molar-refractivity contribution in [2.45, 2.75) is 98.3 Å². The summed E-state index contributed by atoms with van der Waals surface area (Å²) in [6, 6.07) is 6.88. The Morgan fingerprint density at radius 3 is 2.28 bits per heavy atom. The molecule has 1 saturated heterocycles. The molecule has 1 fully saturated rings. The summed E-state index contributed by atoms with van der Waals surface area (Å²) >= 11 is 0. The summed E-state index contributed by atoms with van der Waals surface area (Å²) in [4.78, 5) is 4.75. The molecular weight excluding hydrogens is 370 g/mol. The van der Waals surface area contributed by atoms with Gasteiger partial charge in [-0.1, -0.05) is 26.3 Å². The van der Waals surface area contributed by atoms with E-state index in [0.717, 1.165) is 24.3 Å². The van der Waals surface area contributed by atoms with Gasteiger partial charge in [0.25, 0.3) is 0 Å². The summed E-state index contributed by atoms with van der Waals surface area (Å²) in [6.45, 7) is 15.9. The van der Waals surface area contributed by atoms with Gasteiger partial charge in [0.1, 0.15) is 5.82 Å². The molecule has 2 aliphatic heterocycles. The predicted molar refractivity (Wildman–Crippen MR) is 117 cm³/mol. The van der Waals surface area contributed by atoms with Gasteiger partial charge in [0.2, 0.25) is 0 Å². The Morgan fingerprint density at radius 2 is 1.76 bits per heavy atom. The third-order valence-electron chi connectivity index (χ3n) is 5.54. The first-order valence-electron chi connectivity index (χ1n) is 10.6. The van der Waals surface area contributed by atoms with E-state index in [0.29, 0.717) is 6.04 Å². The van der Waals surface area contributed by atoms with Gasteiger partial charge in [-0.15, -0.1) is 0 Å². The molecule has 5 nitrogen and oxygen atoms in total. The fourth-order valence-corrected chi connectivity index (χ4v) is 3.42. The number of alkyl halides is 1. The van der Waals surface area contributed by atoms with Crippen molar-refractivity contribution in [3.05, 3.63) is 24.0 Å². The van der Waals surface area contributed by atoms with Crippen molar-refractivity contribution in [3.63, 3.8) is 0 Å². The second-order valence-corrected chi connectivity index (χ2v) is 8.90. The van der Waals surface area contributed by atoms with E-state index in [-0.39, 0.29) is 18.3 Å². The predicted octanol–water partition coefficient (Wildman–Crippen LogP) is 4.55. The molecule has 0 saturated carbocycles. The number of hydrogen-bond acceptors (Lipinski definition) is 4. The second kappa shape index (κ2) is 9.15. The van der Waals surface area contributed by atoms with Crippen LogP contribution in [0.25, 0.3) is 11.0 Å². The van der Waals surface area contributed by atoms with Crippen LogP contribution in [-0.4, -0.2) is 39.3 Å². The van der Waals surface area contributed by atoms with Gasteiger partial charge < -0.3 is 19.0 Å². The maximum atomic E-state index is 10.6. The first-order chi connectivity index (χ1) is 13.4. The third kappa shape index (κ3) is 5.19. The minimum atomic E-state index is -1.67. The van der Waals surface area contributed by atoms with Crippen LogP contribution in [0.2, 0.25) is 0 Å². The van der Waals surface area contributed by atoms with E-state index in [1.165, 1.54) is 24.2 Å². The maximum absolute atomic E-state index is 10.6. The molecule has 1 N–H and O–H groups in total. The standard InChI is InChI=1S/C17H23BN2O2.C3H8.C2H5FO/c1-11-6-9-15-19-13-8-7-12(10-14(13)20(11)15)18-21-16(2,3)17(4,5)22-18;1-3-2;1-2(3)4/h7-8,10-11H,6,9H2,1-5H3;3H2,1-2H3;2,4H,1H3/t11-;;/m0../s1. The number of halogens is 1. The smallest absolute Gasteiger partial charge is 0.399 e. The van der Waals surface area contributed by atoms with E-state index in [9.17, 15) is 4.39 Å². The number of imidazole rings is 1. The van der Waals surface area contributed by atoms with Gasteiger partial charge in [-0.3, -0.25) is 0 Å². The van der Waals surface area contributed by atoms with Crippen LogP contribution in [0.15, 0.2) is 18.2 Å². The van der Waals surface area contributed by atoms with Gasteiger partial charge in [0, 0.05) is 12.5 Å². The highest BCUT2D eigenvalue weighted by molar-refractivity contribution is 6.62. The molecule has 0 spiro atoms. The molecule has 162 valence electrons. The Kier molecular flexibility index (Phi) is 7.52. The van der Waals surface area contributed by atoms with Crippen molar-refractivity contribution >= 4 is 23.6 Å². The molecule has 0 bridgehead atoms. The number of aliphatic hydroxyl groups excluding tert-OH is 1. The average Bonchev–Trinajstić information content (AvgIpc) is 3.19. The van der Waals surface area contributed by atoms with Gasteiger partial charge in [-0.25, -0.2) is 9.37 Å². The number of aliphatic hydroxyl groups is 1. The minimum absolute atomic E-state index is 0.306. The molecule has 2 aromatic rings. The number of aryl methyl sites for hydroxylation is 1. The Balaban J connectivity index is 0.000000377. The zero-order chi connectivity index (χ0) is 22.0. The molecule has 3 heterocycles. The molecule has 29 heavy (non-hydrogen) atoms. The van der Waals surface area contributed by atoms with Crippen molar-refractivity contribution in [2.75, 3.05) is 0 Å². The highest BCUT2D eigenvalue weighted by Gasteiger charge is 2.51. The van der Waals surface area contributed by atoms with Gasteiger partial charge in [-0.05, 0) is 65.6 Å². The Bertz CT molecular complexity index is 801. The maximum Gasteiger partial charge on any atom is 0.494 e. The van der Waals surface area contributed by atoms with Crippen molar-refractivity contribution in [1.82, 2.24) is 9.55 Å². The Labute approximate surface area is 174 Å². The van der Waals surface area contributed by atoms with E-state index in [1.54, 1.807) is 0 Å². The lowest BCUT2D eigenvalue weighted by molar-refractivity contribution is 0.00578. The molecule has 1 aromatic carbocycles. The molecule has 1 unspecified atom stereocenters. The zero-order valence-corrected chi connectivity index (χ0v) is 19.1. The Morgan fingerprint density at radius 1 is 1.24 bits per heavy atom. The van der Waals surface area contributed by atoms with E-state index in [4.69, 9.17) is 19.4 Å². The SMILES string of the molecule is CC(O)F.CCC.C[C@H]1CCc2nc3ccc(B4OC(C)(C)C(C)(C)O4)cc3n21. The summed E-state index contributed by atoms with van der Waals surface area (Å²) in [5, 5.41) is 7.39. The Hall–Kier alpha value is -1.44. The summed E-state index contributed by atoms with van der Waals surface area (Å²) in [5.41, 5.74) is 2.74. The fourth-order valence-electron chi connectivity index (χ4n) is 3.42. The van der Waals surface area contributed by atoms with Crippen molar-refractivity contribution in [2.24, 2.45) is 0 Å². The largest absolute Gasteiger partial charge is 0.494 e. The van der Waals surface area contributed by atoms with E-state index in [1.807, 2.05) is 0 Å². The molecule has 2 atom stereocenters. The average molecular weight is 406 g/mol. The zero-order valence-electron chi connectivity index (χ0n) is 19.1. The van der Waals surface area contributed by atoms with Crippen LogP contribution in [0.4, 0.5) is 4.39 Å². The monoisotopic (exact) mass is 406 g/mol. The number of fused-ring (bicyclic) bond motifs is 3. The lowest BCUT2D eigenvalue weighted by atomic mass is 9.79. The van der Waals surface area contributed by atoms with Gasteiger partial charge >= 0.3 is 7.12 Å². The van der Waals surface area contributed by atoms with Crippen LogP contribution in [0, 0.1) is 0 Å². The number of aromatic nitrogens is 2. The van der Waals surface area contributed by atoms with Crippen LogP contribution in [0.1, 0.15) is 80.1 Å². The quantitative estimate of drug-likeness (QED) is 0.706. The number of benzene rings is 1.